The number of ether oxygens (including phenoxy) is 1. The van der Waals surface area contributed by atoms with Crippen molar-refractivity contribution in [1.82, 2.24) is 10.2 Å². The van der Waals surface area contributed by atoms with Gasteiger partial charge in [-0.15, -0.1) is 10.2 Å². The minimum absolute atomic E-state index is 0.0494. The number of methoxy groups -OCH3 is 1. The number of hydrogen-bond donors (Lipinski definition) is 1. The average molecular weight is 443 g/mol. The molecule has 2 heterocycles. The van der Waals surface area contributed by atoms with Crippen molar-refractivity contribution in [3.05, 3.63) is 63.6 Å². The van der Waals surface area contributed by atoms with Crippen LogP contribution in [0.25, 0.3) is 0 Å². The minimum atomic E-state index is -0.388. The highest BCUT2D eigenvalue weighted by Gasteiger charge is 2.34. The van der Waals surface area contributed by atoms with Crippen LogP contribution in [0.15, 0.2) is 42.5 Å². The molecule has 0 spiro atoms. The van der Waals surface area contributed by atoms with Crippen LogP contribution in [-0.4, -0.2) is 35.7 Å². The van der Waals surface area contributed by atoms with Gasteiger partial charge in [0.2, 0.25) is 11.0 Å². The van der Waals surface area contributed by atoms with Gasteiger partial charge in [-0.1, -0.05) is 40.6 Å². The molecule has 0 aliphatic carbocycles. The zero-order valence-corrected chi connectivity index (χ0v) is 18.0. The fraction of sp³-hybridized carbons (Fsp3) is 0.238. The summed E-state index contributed by atoms with van der Waals surface area (Å²) < 4.78 is 5.22. The molecular formula is C21H19ClN4O3S. The number of amides is 2. The predicted molar refractivity (Wildman–Crippen MR) is 117 cm³/mol. The summed E-state index contributed by atoms with van der Waals surface area (Å²) >= 11 is 7.27. The quantitative estimate of drug-likeness (QED) is 0.637. The van der Waals surface area contributed by atoms with E-state index in [0.717, 1.165) is 11.3 Å². The summed E-state index contributed by atoms with van der Waals surface area (Å²) in [5, 5.41) is 12.5. The molecule has 4 rings (SSSR count). The van der Waals surface area contributed by atoms with Gasteiger partial charge in [0, 0.05) is 29.6 Å². The fourth-order valence-electron chi connectivity index (χ4n) is 3.32. The zero-order chi connectivity index (χ0) is 21.3. The van der Waals surface area contributed by atoms with Crippen molar-refractivity contribution < 1.29 is 14.3 Å². The van der Waals surface area contributed by atoms with E-state index in [1.165, 1.54) is 24.5 Å². The Kier molecular flexibility index (Phi) is 5.69. The lowest BCUT2D eigenvalue weighted by molar-refractivity contribution is -0.117. The number of aromatic nitrogens is 2. The lowest BCUT2D eigenvalue weighted by Crippen LogP contribution is -2.24. The van der Waals surface area contributed by atoms with Crippen LogP contribution < -0.4 is 15.0 Å². The molecule has 2 amide bonds. The molecule has 2 aromatic carbocycles. The number of benzene rings is 2. The van der Waals surface area contributed by atoms with Crippen LogP contribution in [0.5, 0.6) is 5.75 Å². The lowest BCUT2D eigenvalue weighted by Gasteiger charge is -2.16. The van der Waals surface area contributed by atoms with Gasteiger partial charge in [0.05, 0.1) is 12.7 Å². The number of hydrogen-bond acceptors (Lipinski definition) is 6. The number of anilines is 2. The maximum absolute atomic E-state index is 12.6. The van der Waals surface area contributed by atoms with Crippen molar-refractivity contribution in [3.8, 4) is 5.75 Å². The van der Waals surface area contributed by atoms with Crippen LogP contribution in [0, 0.1) is 6.92 Å². The molecule has 30 heavy (non-hydrogen) atoms. The number of aryl methyl sites for hydroxylation is 1. The van der Waals surface area contributed by atoms with Gasteiger partial charge in [-0.2, -0.15) is 0 Å². The van der Waals surface area contributed by atoms with Gasteiger partial charge in [0.25, 0.3) is 5.91 Å². The van der Waals surface area contributed by atoms with Gasteiger partial charge in [0.1, 0.15) is 10.8 Å². The van der Waals surface area contributed by atoms with Gasteiger partial charge in [0.15, 0.2) is 0 Å². The van der Waals surface area contributed by atoms with Crippen molar-refractivity contribution in [3.63, 3.8) is 0 Å². The first-order valence-corrected chi connectivity index (χ1v) is 10.5. The molecule has 0 saturated carbocycles. The zero-order valence-electron chi connectivity index (χ0n) is 16.4. The fourth-order valence-corrected chi connectivity index (χ4v) is 4.32. The van der Waals surface area contributed by atoms with E-state index < -0.39 is 0 Å². The van der Waals surface area contributed by atoms with E-state index in [1.54, 1.807) is 17.0 Å². The number of nitrogens with one attached hydrogen (secondary N) is 1. The Hall–Kier alpha value is -2.97. The number of rotatable bonds is 5. The SMILES string of the molecule is COc1ccc(Cl)cc1C(=O)Nc1nnc([C@H]2CC(=O)N(c3ccc(C)cc3)C2)s1. The summed E-state index contributed by atoms with van der Waals surface area (Å²) in [4.78, 5) is 26.9. The topological polar surface area (TPSA) is 84.4 Å². The predicted octanol–water partition coefficient (Wildman–Crippen LogP) is 4.28. The molecule has 1 saturated heterocycles. The van der Waals surface area contributed by atoms with E-state index >= 15 is 0 Å². The van der Waals surface area contributed by atoms with Gasteiger partial charge in [-0.3, -0.25) is 14.9 Å². The van der Waals surface area contributed by atoms with Gasteiger partial charge < -0.3 is 9.64 Å². The van der Waals surface area contributed by atoms with E-state index in [-0.39, 0.29) is 17.7 Å². The smallest absolute Gasteiger partial charge is 0.261 e. The third-order valence-electron chi connectivity index (χ3n) is 4.89. The molecule has 3 aromatic rings. The summed E-state index contributed by atoms with van der Waals surface area (Å²) in [5.41, 5.74) is 2.32. The summed E-state index contributed by atoms with van der Waals surface area (Å²) in [7, 11) is 1.49. The normalized spacial score (nSPS) is 16.0. The van der Waals surface area contributed by atoms with Crippen LogP contribution in [0.3, 0.4) is 0 Å². The molecule has 154 valence electrons. The van der Waals surface area contributed by atoms with E-state index in [9.17, 15) is 9.59 Å². The molecule has 1 aromatic heterocycles. The van der Waals surface area contributed by atoms with Crippen LogP contribution in [0.2, 0.25) is 5.02 Å². The maximum atomic E-state index is 12.6. The van der Waals surface area contributed by atoms with Gasteiger partial charge in [-0.25, -0.2) is 0 Å². The Balaban J connectivity index is 1.47. The number of nitrogens with zero attached hydrogens (tertiary/aromatic N) is 3. The van der Waals surface area contributed by atoms with Crippen LogP contribution in [0.4, 0.5) is 10.8 Å². The van der Waals surface area contributed by atoms with Gasteiger partial charge >= 0.3 is 0 Å². The highest BCUT2D eigenvalue weighted by Crippen LogP contribution is 2.34. The molecule has 7 nitrogen and oxygen atoms in total. The first kappa shape index (κ1) is 20.3. The third kappa shape index (κ3) is 4.15. The highest BCUT2D eigenvalue weighted by molar-refractivity contribution is 7.15. The van der Waals surface area contributed by atoms with E-state index in [2.05, 4.69) is 15.5 Å². The summed E-state index contributed by atoms with van der Waals surface area (Å²) in [6.45, 7) is 2.54. The number of halogens is 1. The van der Waals surface area contributed by atoms with Crippen LogP contribution in [-0.2, 0) is 4.79 Å². The molecule has 0 bridgehead atoms. The van der Waals surface area contributed by atoms with Crippen molar-refractivity contribution >= 4 is 45.6 Å². The standard InChI is InChI=1S/C21H19ClN4O3S/c1-12-3-6-15(7-4-12)26-11-13(9-18(26)27)20-24-25-21(30-20)23-19(28)16-10-14(22)5-8-17(16)29-2/h3-8,10,13H,9,11H2,1-2H3,(H,23,25,28)/t13-/m0/s1. The molecule has 1 aliphatic heterocycles. The Morgan fingerprint density at radius 3 is 2.73 bits per heavy atom. The Morgan fingerprint density at radius 2 is 2.00 bits per heavy atom. The molecule has 1 aliphatic rings. The first-order chi connectivity index (χ1) is 14.4. The van der Waals surface area contributed by atoms with Crippen molar-refractivity contribution in [2.45, 2.75) is 19.3 Å². The van der Waals surface area contributed by atoms with Crippen LogP contribution in [0.1, 0.15) is 33.3 Å². The summed E-state index contributed by atoms with van der Waals surface area (Å²) in [5.74, 6) is 0.00793. The van der Waals surface area contributed by atoms with Gasteiger partial charge in [-0.05, 0) is 37.3 Å². The number of carbonyl (C=O) groups is 2. The molecule has 1 atom stereocenters. The molecule has 1 fully saturated rings. The second-order valence-electron chi connectivity index (χ2n) is 6.99. The Bertz CT molecular complexity index is 1100. The Morgan fingerprint density at radius 1 is 1.23 bits per heavy atom. The average Bonchev–Trinajstić information content (AvgIpc) is 3.35. The van der Waals surface area contributed by atoms with Crippen molar-refractivity contribution in [2.75, 3.05) is 23.9 Å². The molecular weight excluding hydrogens is 424 g/mol. The second kappa shape index (κ2) is 8.41. The summed E-state index contributed by atoms with van der Waals surface area (Å²) in [6, 6.07) is 12.7. The molecule has 9 heteroatoms. The third-order valence-corrected chi connectivity index (χ3v) is 6.12. The van der Waals surface area contributed by atoms with Crippen molar-refractivity contribution in [1.29, 1.82) is 0 Å². The van der Waals surface area contributed by atoms with E-state index in [1.807, 2.05) is 31.2 Å². The number of carbonyl (C=O) groups excluding carboxylic acids is 2. The van der Waals surface area contributed by atoms with E-state index in [4.69, 9.17) is 16.3 Å². The summed E-state index contributed by atoms with van der Waals surface area (Å²) in [6.07, 6.45) is 0.360. The Labute approximate surface area is 182 Å². The van der Waals surface area contributed by atoms with E-state index in [0.29, 0.717) is 39.4 Å². The molecule has 0 unspecified atom stereocenters. The lowest BCUT2D eigenvalue weighted by atomic mass is 10.1. The first-order valence-electron chi connectivity index (χ1n) is 9.30. The van der Waals surface area contributed by atoms with Crippen LogP contribution >= 0.6 is 22.9 Å². The molecule has 0 radical (unpaired) electrons. The monoisotopic (exact) mass is 442 g/mol. The minimum Gasteiger partial charge on any atom is -0.496 e. The van der Waals surface area contributed by atoms with Crippen molar-refractivity contribution in [2.24, 2.45) is 0 Å². The largest absolute Gasteiger partial charge is 0.496 e. The second-order valence-corrected chi connectivity index (χ2v) is 8.43. The highest BCUT2D eigenvalue weighted by atomic mass is 35.5. The molecule has 1 N–H and O–H groups in total. The maximum Gasteiger partial charge on any atom is 0.261 e.